The normalized spacial score (nSPS) is 30.4. The van der Waals surface area contributed by atoms with E-state index in [-0.39, 0.29) is 0 Å². The fourth-order valence-electron chi connectivity index (χ4n) is 3.32. The number of piperidine rings is 1. The van der Waals surface area contributed by atoms with E-state index in [4.69, 9.17) is 5.73 Å². The molecule has 2 saturated heterocycles. The third-order valence-corrected chi connectivity index (χ3v) is 4.35. The van der Waals surface area contributed by atoms with Crippen LogP contribution in [0.25, 0.3) is 0 Å². The SMILES string of the molecule is CC(C)C(CN)N1CCN2CCCCC2C1. The molecule has 0 aromatic heterocycles. The Balaban J connectivity index is 1.93. The van der Waals surface area contributed by atoms with Crippen molar-refractivity contribution in [2.24, 2.45) is 11.7 Å². The van der Waals surface area contributed by atoms with Gasteiger partial charge in [-0.25, -0.2) is 0 Å². The lowest BCUT2D eigenvalue weighted by atomic mass is 9.96. The van der Waals surface area contributed by atoms with Crippen LogP contribution in [0.1, 0.15) is 33.1 Å². The second-order valence-electron chi connectivity index (χ2n) is 5.73. The molecule has 3 nitrogen and oxygen atoms in total. The van der Waals surface area contributed by atoms with Crippen molar-refractivity contribution in [1.82, 2.24) is 9.80 Å². The van der Waals surface area contributed by atoms with E-state index < -0.39 is 0 Å². The smallest absolute Gasteiger partial charge is 0.0242 e. The third kappa shape index (κ3) is 2.58. The number of nitrogens with zero attached hydrogens (tertiary/aromatic N) is 2. The van der Waals surface area contributed by atoms with E-state index >= 15 is 0 Å². The van der Waals surface area contributed by atoms with Crippen LogP contribution in [0.5, 0.6) is 0 Å². The molecular formula is C13H27N3. The Morgan fingerprint density at radius 1 is 1.19 bits per heavy atom. The second-order valence-corrected chi connectivity index (χ2v) is 5.73. The molecule has 2 aliphatic heterocycles. The van der Waals surface area contributed by atoms with Gasteiger partial charge in [-0.1, -0.05) is 20.3 Å². The van der Waals surface area contributed by atoms with Gasteiger partial charge < -0.3 is 5.73 Å². The van der Waals surface area contributed by atoms with Crippen molar-refractivity contribution in [1.29, 1.82) is 0 Å². The predicted molar refractivity (Wildman–Crippen MR) is 68.5 cm³/mol. The summed E-state index contributed by atoms with van der Waals surface area (Å²) in [5, 5.41) is 0. The lowest BCUT2D eigenvalue weighted by Crippen LogP contribution is -2.59. The van der Waals surface area contributed by atoms with Crippen LogP contribution in [0.15, 0.2) is 0 Å². The maximum absolute atomic E-state index is 5.92. The van der Waals surface area contributed by atoms with E-state index in [0.29, 0.717) is 12.0 Å². The van der Waals surface area contributed by atoms with Crippen LogP contribution in [0.4, 0.5) is 0 Å². The highest BCUT2D eigenvalue weighted by Gasteiger charge is 2.32. The fourth-order valence-corrected chi connectivity index (χ4v) is 3.32. The zero-order valence-electron chi connectivity index (χ0n) is 10.9. The summed E-state index contributed by atoms with van der Waals surface area (Å²) in [6.45, 7) is 10.5. The summed E-state index contributed by atoms with van der Waals surface area (Å²) >= 11 is 0. The second kappa shape index (κ2) is 5.48. The Labute approximate surface area is 100.0 Å². The molecule has 2 rings (SSSR count). The maximum Gasteiger partial charge on any atom is 0.0242 e. The maximum atomic E-state index is 5.92. The fraction of sp³-hybridized carbons (Fsp3) is 1.00. The van der Waals surface area contributed by atoms with Crippen LogP contribution in [0.2, 0.25) is 0 Å². The molecule has 0 aromatic rings. The van der Waals surface area contributed by atoms with Gasteiger partial charge in [-0.3, -0.25) is 9.80 Å². The molecule has 16 heavy (non-hydrogen) atoms. The van der Waals surface area contributed by atoms with E-state index in [1.54, 1.807) is 0 Å². The highest BCUT2D eigenvalue weighted by molar-refractivity contribution is 4.88. The first-order valence-electron chi connectivity index (χ1n) is 6.90. The summed E-state index contributed by atoms with van der Waals surface area (Å²) in [5.74, 6) is 0.681. The molecule has 2 fully saturated rings. The zero-order valence-corrected chi connectivity index (χ0v) is 10.9. The van der Waals surface area contributed by atoms with Crippen LogP contribution in [-0.2, 0) is 0 Å². The molecule has 2 N–H and O–H groups in total. The Kier molecular flexibility index (Phi) is 4.22. The first kappa shape index (κ1) is 12.3. The molecule has 94 valence electrons. The molecule has 0 aliphatic carbocycles. The number of rotatable bonds is 3. The van der Waals surface area contributed by atoms with Crippen molar-refractivity contribution in [3.63, 3.8) is 0 Å². The molecule has 0 saturated carbocycles. The average Bonchev–Trinajstić information content (AvgIpc) is 2.29. The summed E-state index contributed by atoms with van der Waals surface area (Å²) < 4.78 is 0. The Morgan fingerprint density at radius 3 is 2.69 bits per heavy atom. The largest absolute Gasteiger partial charge is 0.329 e. The molecule has 2 unspecified atom stereocenters. The van der Waals surface area contributed by atoms with Crippen LogP contribution in [0, 0.1) is 5.92 Å². The van der Waals surface area contributed by atoms with Gasteiger partial charge in [0.15, 0.2) is 0 Å². The first-order chi connectivity index (χ1) is 7.72. The summed E-state index contributed by atoms with van der Waals surface area (Å²) in [6.07, 6.45) is 4.22. The Hall–Kier alpha value is -0.120. The van der Waals surface area contributed by atoms with Crippen LogP contribution in [-0.4, -0.2) is 54.6 Å². The molecular weight excluding hydrogens is 198 g/mol. The third-order valence-electron chi connectivity index (χ3n) is 4.35. The number of piperazine rings is 1. The van der Waals surface area contributed by atoms with E-state index in [2.05, 4.69) is 23.6 Å². The van der Waals surface area contributed by atoms with Gasteiger partial charge in [0.2, 0.25) is 0 Å². The van der Waals surface area contributed by atoms with Gasteiger partial charge in [0.25, 0.3) is 0 Å². The highest BCUT2D eigenvalue weighted by atomic mass is 15.3. The van der Waals surface area contributed by atoms with E-state index in [0.717, 1.165) is 12.6 Å². The number of hydrogen-bond donors (Lipinski definition) is 1. The minimum absolute atomic E-state index is 0.587. The van der Waals surface area contributed by atoms with Crippen molar-refractivity contribution >= 4 is 0 Å². The van der Waals surface area contributed by atoms with Crippen molar-refractivity contribution < 1.29 is 0 Å². The van der Waals surface area contributed by atoms with Crippen molar-refractivity contribution in [3.8, 4) is 0 Å². The lowest BCUT2D eigenvalue weighted by Gasteiger charge is -2.47. The van der Waals surface area contributed by atoms with E-state index in [9.17, 15) is 0 Å². The van der Waals surface area contributed by atoms with Crippen molar-refractivity contribution in [2.75, 3.05) is 32.7 Å². The van der Waals surface area contributed by atoms with Gasteiger partial charge in [0, 0.05) is 38.3 Å². The molecule has 0 radical (unpaired) electrons. The standard InChI is InChI=1S/C13H27N3/c1-11(2)13(9-14)16-8-7-15-6-4-3-5-12(15)10-16/h11-13H,3-10,14H2,1-2H3. The summed E-state index contributed by atoms with van der Waals surface area (Å²) in [6, 6.07) is 1.40. The summed E-state index contributed by atoms with van der Waals surface area (Å²) in [7, 11) is 0. The molecule has 2 aliphatic rings. The van der Waals surface area contributed by atoms with Gasteiger partial charge in [0.1, 0.15) is 0 Å². The van der Waals surface area contributed by atoms with Crippen LogP contribution < -0.4 is 5.73 Å². The van der Waals surface area contributed by atoms with Gasteiger partial charge in [-0.15, -0.1) is 0 Å². The van der Waals surface area contributed by atoms with E-state index in [1.165, 1.54) is 45.4 Å². The van der Waals surface area contributed by atoms with Gasteiger partial charge in [-0.2, -0.15) is 0 Å². The van der Waals surface area contributed by atoms with Crippen LogP contribution in [0.3, 0.4) is 0 Å². The Bertz CT molecular complexity index is 217. The molecule has 0 amide bonds. The molecule has 0 bridgehead atoms. The molecule has 2 heterocycles. The monoisotopic (exact) mass is 225 g/mol. The first-order valence-corrected chi connectivity index (χ1v) is 6.90. The van der Waals surface area contributed by atoms with Gasteiger partial charge in [0.05, 0.1) is 0 Å². The average molecular weight is 225 g/mol. The molecule has 3 heteroatoms. The van der Waals surface area contributed by atoms with Gasteiger partial charge >= 0.3 is 0 Å². The molecule has 0 aromatic carbocycles. The Morgan fingerprint density at radius 2 is 2.00 bits per heavy atom. The lowest BCUT2D eigenvalue weighted by molar-refractivity contribution is 0.0186. The quantitative estimate of drug-likeness (QED) is 0.782. The number of hydrogen-bond acceptors (Lipinski definition) is 3. The highest BCUT2D eigenvalue weighted by Crippen LogP contribution is 2.23. The topological polar surface area (TPSA) is 32.5 Å². The molecule has 0 spiro atoms. The summed E-state index contributed by atoms with van der Waals surface area (Å²) in [5.41, 5.74) is 5.92. The van der Waals surface area contributed by atoms with Crippen molar-refractivity contribution in [3.05, 3.63) is 0 Å². The van der Waals surface area contributed by atoms with Crippen molar-refractivity contribution in [2.45, 2.75) is 45.2 Å². The minimum atomic E-state index is 0.587. The van der Waals surface area contributed by atoms with Gasteiger partial charge in [-0.05, 0) is 25.3 Å². The minimum Gasteiger partial charge on any atom is -0.329 e. The molecule has 2 atom stereocenters. The van der Waals surface area contributed by atoms with E-state index in [1.807, 2.05) is 0 Å². The van der Waals surface area contributed by atoms with Crippen LogP contribution >= 0.6 is 0 Å². The zero-order chi connectivity index (χ0) is 11.5. The number of nitrogens with two attached hydrogens (primary N) is 1. The summed E-state index contributed by atoms with van der Waals surface area (Å²) in [4.78, 5) is 5.32. The predicted octanol–water partition coefficient (Wildman–Crippen LogP) is 1.14. The number of fused-ring (bicyclic) bond motifs is 1.